The van der Waals surface area contributed by atoms with Gasteiger partial charge in [-0.3, -0.25) is 4.79 Å². The monoisotopic (exact) mass is 230 g/mol. The zero-order valence-electron chi connectivity index (χ0n) is 7.70. The Morgan fingerprint density at radius 1 is 1.64 bits per heavy atom. The third-order valence-corrected chi connectivity index (χ3v) is 2.85. The first kappa shape index (κ1) is 11.6. The van der Waals surface area contributed by atoms with Crippen LogP contribution in [0, 0.1) is 0 Å². The summed E-state index contributed by atoms with van der Waals surface area (Å²) in [5.41, 5.74) is 1.37. The number of aliphatic hydroxyl groups excluding tert-OH is 1. The molecule has 0 aliphatic carbocycles. The van der Waals surface area contributed by atoms with Crippen molar-refractivity contribution >= 4 is 30.0 Å². The second-order valence-electron chi connectivity index (χ2n) is 3.02. The van der Waals surface area contributed by atoms with Gasteiger partial charge in [0.1, 0.15) is 5.38 Å². The fraction of sp³-hybridized carbons (Fsp3) is 0.300. The summed E-state index contributed by atoms with van der Waals surface area (Å²) in [7, 11) is 0. The van der Waals surface area contributed by atoms with E-state index >= 15 is 0 Å². The highest BCUT2D eigenvalue weighted by Crippen LogP contribution is 2.28. The fourth-order valence-electron chi connectivity index (χ4n) is 1.12. The first-order valence-corrected chi connectivity index (χ1v) is 5.01. The number of alkyl halides is 1. The number of carbonyl (C=O) groups is 1. The Morgan fingerprint density at radius 2 is 2.29 bits per heavy atom. The smallest absolute Gasteiger partial charge is 0.152 e. The van der Waals surface area contributed by atoms with Gasteiger partial charge in [-0.05, 0) is 24.1 Å². The summed E-state index contributed by atoms with van der Waals surface area (Å²) in [6, 6.07) is 5.17. The van der Waals surface area contributed by atoms with Crippen LogP contribution in [0.1, 0.15) is 23.4 Å². The van der Waals surface area contributed by atoms with Crippen molar-refractivity contribution in [1.82, 2.24) is 0 Å². The molecule has 0 fully saturated rings. The first-order chi connectivity index (χ1) is 6.56. The highest BCUT2D eigenvalue weighted by Gasteiger charge is 2.15. The number of hydrogen-bond donors (Lipinski definition) is 2. The molecule has 0 saturated carbocycles. The van der Waals surface area contributed by atoms with Crippen molar-refractivity contribution in [3.8, 4) is 0 Å². The Bertz CT molecular complexity index is 352. The Labute approximate surface area is 93.3 Å². The van der Waals surface area contributed by atoms with Crippen LogP contribution >= 0.6 is 24.2 Å². The van der Waals surface area contributed by atoms with E-state index in [0.717, 1.165) is 5.56 Å². The van der Waals surface area contributed by atoms with Gasteiger partial charge < -0.3 is 5.11 Å². The van der Waals surface area contributed by atoms with Crippen LogP contribution in [0.2, 0.25) is 0 Å². The van der Waals surface area contributed by atoms with E-state index in [1.54, 1.807) is 18.2 Å². The lowest BCUT2D eigenvalue weighted by Gasteiger charge is -2.10. The van der Waals surface area contributed by atoms with Gasteiger partial charge in [0.25, 0.3) is 0 Å². The number of Topliss-reactive ketones (excluding diaryl/α,β-unsaturated/α-hetero) is 1. The van der Waals surface area contributed by atoms with Crippen molar-refractivity contribution in [3.63, 3.8) is 0 Å². The number of carbonyl (C=O) groups excluding carboxylic acids is 1. The first-order valence-electron chi connectivity index (χ1n) is 4.13. The van der Waals surface area contributed by atoms with Gasteiger partial charge in [-0.15, -0.1) is 24.2 Å². The highest BCUT2D eigenvalue weighted by atomic mass is 35.5. The highest BCUT2D eigenvalue weighted by molar-refractivity contribution is 7.80. The molecule has 0 aliphatic rings. The number of ketones is 1. The summed E-state index contributed by atoms with van der Waals surface area (Å²) in [5.74, 6) is -0.128. The minimum atomic E-state index is -0.686. The number of halogens is 1. The predicted molar refractivity (Wildman–Crippen MR) is 58.9 cm³/mol. The van der Waals surface area contributed by atoms with Crippen molar-refractivity contribution < 1.29 is 9.90 Å². The third kappa shape index (κ3) is 2.50. The molecule has 1 aromatic carbocycles. The van der Waals surface area contributed by atoms with Gasteiger partial charge in [-0.25, -0.2) is 0 Å². The summed E-state index contributed by atoms with van der Waals surface area (Å²) in [6.45, 7) is 1.36. The average molecular weight is 231 g/mol. The molecule has 1 rings (SSSR count). The third-order valence-electron chi connectivity index (χ3n) is 1.90. The molecule has 14 heavy (non-hydrogen) atoms. The number of hydrogen-bond acceptors (Lipinski definition) is 3. The zero-order valence-corrected chi connectivity index (χ0v) is 9.35. The quantitative estimate of drug-likeness (QED) is 0.618. The molecule has 0 saturated heterocycles. The minimum Gasteiger partial charge on any atom is -0.392 e. The Morgan fingerprint density at radius 3 is 2.79 bits per heavy atom. The SMILES string of the molecule is CC(=O)C(Cl)c1cc(CO)ccc1S. The summed E-state index contributed by atoms with van der Waals surface area (Å²) >= 11 is 10.1. The fourth-order valence-corrected chi connectivity index (χ4v) is 1.65. The molecular weight excluding hydrogens is 220 g/mol. The van der Waals surface area contributed by atoms with Crippen molar-refractivity contribution in [1.29, 1.82) is 0 Å². The summed E-state index contributed by atoms with van der Waals surface area (Å²) < 4.78 is 0. The molecule has 1 atom stereocenters. The largest absolute Gasteiger partial charge is 0.392 e. The molecule has 0 amide bonds. The molecule has 0 bridgehead atoms. The molecule has 1 N–H and O–H groups in total. The molecule has 1 unspecified atom stereocenters. The molecular formula is C10H11ClO2S. The van der Waals surface area contributed by atoms with Gasteiger partial charge in [0.15, 0.2) is 5.78 Å². The molecule has 1 aromatic rings. The molecule has 0 heterocycles. The van der Waals surface area contributed by atoms with Crippen LogP contribution in [0.5, 0.6) is 0 Å². The van der Waals surface area contributed by atoms with Crippen molar-refractivity contribution in [3.05, 3.63) is 29.3 Å². The predicted octanol–water partition coefficient (Wildman–Crippen LogP) is 2.34. The van der Waals surface area contributed by atoms with Crippen LogP contribution in [0.25, 0.3) is 0 Å². The van der Waals surface area contributed by atoms with Crippen molar-refractivity contribution in [2.45, 2.75) is 23.8 Å². The van der Waals surface area contributed by atoms with Gasteiger partial charge in [0, 0.05) is 4.90 Å². The summed E-state index contributed by atoms with van der Waals surface area (Å²) in [4.78, 5) is 11.7. The number of thiol groups is 1. The van der Waals surface area contributed by atoms with E-state index in [1.807, 2.05) is 0 Å². The minimum absolute atomic E-state index is 0.0669. The van der Waals surface area contributed by atoms with E-state index in [9.17, 15) is 4.79 Å². The molecule has 0 aromatic heterocycles. The maximum atomic E-state index is 11.1. The summed E-state index contributed by atoms with van der Waals surface area (Å²) in [6.07, 6.45) is 0. The summed E-state index contributed by atoms with van der Waals surface area (Å²) in [5, 5.41) is 8.23. The van der Waals surface area contributed by atoms with E-state index in [4.69, 9.17) is 16.7 Å². The second kappa shape index (κ2) is 4.82. The van der Waals surface area contributed by atoms with E-state index in [-0.39, 0.29) is 12.4 Å². The van der Waals surface area contributed by atoms with Crippen molar-refractivity contribution in [2.75, 3.05) is 0 Å². The van der Waals surface area contributed by atoms with Crippen LogP contribution in [-0.2, 0) is 11.4 Å². The standard InChI is InChI=1S/C10H11ClO2S/c1-6(13)10(11)8-4-7(5-12)2-3-9(8)14/h2-4,10,12,14H,5H2,1H3. The van der Waals surface area contributed by atoms with Crippen LogP contribution in [0.15, 0.2) is 23.1 Å². The number of benzene rings is 1. The maximum absolute atomic E-state index is 11.1. The Balaban J connectivity index is 3.11. The molecule has 4 heteroatoms. The topological polar surface area (TPSA) is 37.3 Å². The maximum Gasteiger partial charge on any atom is 0.152 e. The lowest BCUT2D eigenvalue weighted by molar-refractivity contribution is -0.116. The second-order valence-corrected chi connectivity index (χ2v) is 3.94. The molecule has 0 spiro atoms. The van der Waals surface area contributed by atoms with Crippen LogP contribution in [0.4, 0.5) is 0 Å². The molecule has 0 radical (unpaired) electrons. The Kier molecular flexibility index (Phi) is 3.98. The average Bonchev–Trinajstić information content (AvgIpc) is 2.17. The van der Waals surface area contributed by atoms with E-state index in [1.165, 1.54) is 6.92 Å². The molecule has 2 nitrogen and oxygen atoms in total. The lowest BCUT2D eigenvalue weighted by Crippen LogP contribution is -2.03. The van der Waals surface area contributed by atoms with Gasteiger partial charge in [-0.2, -0.15) is 0 Å². The van der Waals surface area contributed by atoms with Crippen LogP contribution in [0.3, 0.4) is 0 Å². The van der Waals surface area contributed by atoms with Crippen molar-refractivity contribution in [2.24, 2.45) is 0 Å². The Hall–Kier alpha value is -0.510. The van der Waals surface area contributed by atoms with Crippen LogP contribution in [-0.4, -0.2) is 10.9 Å². The molecule has 0 aliphatic heterocycles. The number of aliphatic hydroxyl groups is 1. The van der Waals surface area contributed by atoms with Crippen LogP contribution < -0.4 is 0 Å². The molecule has 76 valence electrons. The van der Waals surface area contributed by atoms with E-state index in [2.05, 4.69) is 12.6 Å². The normalized spacial score (nSPS) is 12.6. The van der Waals surface area contributed by atoms with Gasteiger partial charge >= 0.3 is 0 Å². The van der Waals surface area contributed by atoms with E-state index < -0.39 is 5.38 Å². The van der Waals surface area contributed by atoms with Gasteiger partial charge in [0.2, 0.25) is 0 Å². The lowest BCUT2D eigenvalue weighted by atomic mass is 10.1. The zero-order chi connectivity index (χ0) is 10.7. The number of rotatable bonds is 3. The van der Waals surface area contributed by atoms with Gasteiger partial charge in [0.05, 0.1) is 6.61 Å². The van der Waals surface area contributed by atoms with E-state index in [0.29, 0.717) is 10.5 Å². The van der Waals surface area contributed by atoms with Gasteiger partial charge in [-0.1, -0.05) is 12.1 Å².